The highest BCUT2D eigenvalue weighted by Gasteiger charge is 2.17. The molecule has 0 fully saturated rings. The first-order valence-corrected chi connectivity index (χ1v) is 9.44. The number of carbonyl (C=O) groups is 2. The van der Waals surface area contributed by atoms with Crippen molar-refractivity contribution in [2.75, 3.05) is 6.61 Å². The molecule has 0 saturated carbocycles. The largest absolute Gasteiger partial charge is 0.484 e. The van der Waals surface area contributed by atoms with E-state index in [1.165, 1.54) is 6.20 Å². The Morgan fingerprint density at radius 3 is 2.59 bits per heavy atom. The Morgan fingerprint density at radius 2 is 1.86 bits per heavy atom. The fraction of sp³-hybridized carbons (Fsp3) is 0.227. The number of ether oxygens (including phenoxy) is 1. The number of carbonyl (C=O) groups excluding carboxylic acids is 2. The third-order valence-corrected chi connectivity index (χ3v) is 4.38. The quantitative estimate of drug-likeness (QED) is 0.606. The van der Waals surface area contributed by atoms with Crippen LogP contribution >= 0.6 is 0 Å². The lowest BCUT2D eigenvalue weighted by Gasteiger charge is -2.10. The normalized spacial score (nSPS) is 10.4. The molecule has 2 amide bonds. The Morgan fingerprint density at radius 1 is 1.07 bits per heavy atom. The van der Waals surface area contributed by atoms with E-state index in [1.54, 1.807) is 10.7 Å². The van der Waals surface area contributed by atoms with Crippen LogP contribution in [0.25, 0.3) is 0 Å². The predicted molar refractivity (Wildman–Crippen MR) is 109 cm³/mol. The van der Waals surface area contributed by atoms with Crippen molar-refractivity contribution in [3.63, 3.8) is 0 Å². The van der Waals surface area contributed by atoms with Crippen molar-refractivity contribution in [2.24, 2.45) is 0 Å². The van der Waals surface area contributed by atoms with Gasteiger partial charge in [0.1, 0.15) is 5.75 Å². The molecule has 0 atom stereocenters. The lowest BCUT2D eigenvalue weighted by molar-refractivity contribution is -0.123. The lowest BCUT2D eigenvalue weighted by atomic mass is 10.2. The number of nitrogens with one attached hydrogen (secondary N) is 2. The monoisotopic (exact) mass is 392 g/mol. The van der Waals surface area contributed by atoms with E-state index in [0.29, 0.717) is 24.3 Å². The van der Waals surface area contributed by atoms with Crippen molar-refractivity contribution in [1.29, 1.82) is 0 Å². The number of amides is 2. The molecule has 0 saturated heterocycles. The second-order valence-electron chi connectivity index (χ2n) is 6.61. The van der Waals surface area contributed by atoms with Gasteiger partial charge in [-0.3, -0.25) is 25.1 Å². The van der Waals surface area contributed by atoms with E-state index in [1.807, 2.05) is 62.4 Å². The second-order valence-corrected chi connectivity index (χ2v) is 6.61. The highest BCUT2D eigenvalue weighted by molar-refractivity contribution is 5.96. The van der Waals surface area contributed by atoms with Gasteiger partial charge < -0.3 is 4.74 Å². The maximum atomic E-state index is 12.5. The van der Waals surface area contributed by atoms with Gasteiger partial charge in [0.2, 0.25) is 0 Å². The molecular weight excluding hydrogens is 368 g/mol. The van der Waals surface area contributed by atoms with Crippen LogP contribution in [-0.4, -0.2) is 28.2 Å². The molecule has 0 aliphatic heterocycles. The van der Waals surface area contributed by atoms with Crippen LogP contribution < -0.4 is 15.6 Å². The van der Waals surface area contributed by atoms with E-state index in [9.17, 15) is 9.59 Å². The highest BCUT2D eigenvalue weighted by atomic mass is 16.5. The molecule has 0 aliphatic rings. The Kier molecular flexibility index (Phi) is 6.63. The number of nitrogens with zero attached hydrogens (tertiary/aromatic N) is 2. The highest BCUT2D eigenvalue weighted by Crippen LogP contribution is 2.13. The molecule has 3 aromatic rings. The van der Waals surface area contributed by atoms with Crippen molar-refractivity contribution >= 4 is 11.8 Å². The SMILES string of the molecule is CCc1c(C(=O)NNC(=O)COc2cccc(C)c2)cnn1Cc1ccccc1. The molecular formula is C22H24N4O3. The van der Waals surface area contributed by atoms with Crippen molar-refractivity contribution in [3.05, 3.63) is 83.2 Å². The Hall–Kier alpha value is -3.61. The standard InChI is InChI=1S/C22H24N4O3/c1-3-20-19(13-23-26(20)14-17-9-5-4-6-10-17)22(28)25-24-21(27)15-29-18-11-7-8-16(2)12-18/h4-13H,3,14-15H2,1-2H3,(H,24,27)(H,25,28). The summed E-state index contributed by atoms with van der Waals surface area (Å²) in [5.74, 6) is -0.262. The summed E-state index contributed by atoms with van der Waals surface area (Å²) in [6.45, 7) is 4.28. The van der Waals surface area contributed by atoms with Crippen molar-refractivity contribution in [3.8, 4) is 5.75 Å². The molecule has 0 radical (unpaired) electrons. The fourth-order valence-electron chi connectivity index (χ4n) is 2.95. The zero-order valence-electron chi connectivity index (χ0n) is 16.5. The Balaban J connectivity index is 1.55. The minimum atomic E-state index is -0.449. The Labute approximate surface area is 169 Å². The van der Waals surface area contributed by atoms with Gasteiger partial charge in [-0.2, -0.15) is 5.10 Å². The molecule has 2 N–H and O–H groups in total. The summed E-state index contributed by atoms with van der Waals surface area (Å²) in [6.07, 6.45) is 2.16. The van der Waals surface area contributed by atoms with Crippen molar-refractivity contribution < 1.29 is 14.3 Å². The summed E-state index contributed by atoms with van der Waals surface area (Å²) in [7, 11) is 0. The molecule has 1 heterocycles. The first kappa shape index (κ1) is 20.1. The van der Waals surface area contributed by atoms with Crippen LogP contribution in [0.3, 0.4) is 0 Å². The van der Waals surface area contributed by atoms with Gasteiger partial charge >= 0.3 is 0 Å². The van der Waals surface area contributed by atoms with Crippen LogP contribution in [-0.2, 0) is 17.8 Å². The fourth-order valence-corrected chi connectivity index (χ4v) is 2.95. The van der Waals surface area contributed by atoms with Crippen LogP contribution in [0.1, 0.15) is 34.1 Å². The van der Waals surface area contributed by atoms with Crippen LogP contribution in [0.2, 0.25) is 0 Å². The van der Waals surface area contributed by atoms with Crippen LogP contribution in [0, 0.1) is 6.92 Å². The first-order chi connectivity index (χ1) is 14.1. The van der Waals surface area contributed by atoms with E-state index >= 15 is 0 Å². The molecule has 7 heteroatoms. The number of rotatable bonds is 7. The second kappa shape index (κ2) is 9.54. The van der Waals surface area contributed by atoms with Gasteiger partial charge in [-0.25, -0.2) is 0 Å². The smallest absolute Gasteiger partial charge is 0.276 e. The average Bonchev–Trinajstić information content (AvgIpc) is 3.14. The van der Waals surface area contributed by atoms with Gasteiger partial charge in [-0.05, 0) is 36.6 Å². The molecule has 1 aromatic heterocycles. The van der Waals surface area contributed by atoms with Gasteiger partial charge in [0.25, 0.3) is 11.8 Å². The van der Waals surface area contributed by atoms with E-state index in [2.05, 4.69) is 16.0 Å². The third kappa shape index (κ3) is 5.44. The zero-order chi connectivity index (χ0) is 20.6. The minimum Gasteiger partial charge on any atom is -0.484 e. The zero-order valence-corrected chi connectivity index (χ0v) is 16.5. The number of hydrogen-bond donors (Lipinski definition) is 2. The molecule has 0 spiro atoms. The molecule has 3 rings (SSSR count). The van der Waals surface area contributed by atoms with Crippen LogP contribution in [0.15, 0.2) is 60.8 Å². The topological polar surface area (TPSA) is 85.2 Å². The summed E-state index contributed by atoms with van der Waals surface area (Å²) >= 11 is 0. The minimum absolute atomic E-state index is 0.197. The molecule has 0 bridgehead atoms. The van der Waals surface area contributed by atoms with E-state index in [-0.39, 0.29) is 6.61 Å². The van der Waals surface area contributed by atoms with Crippen molar-refractivity contribution in [2.45, 2.75) is 26.8 Å². The average molecular weight is 392 g/mol. The summed E-state index contributed by atoms with van der Waals surface area (Å²) in [5.41, 5.74) is 8.17. The number of hydrazine groups is 1. The maximum absolute atomic E-state index is 12.5. The molecule has 150 valence electrons. The number of hydrogen-bond acceptors (Lipinski definition) is 4. The van der Waals surface area contributed by atoms with Gasteiger partial charge in [0.05, 0.1) is 24.0 Å². The maximum Gasteiger partial charge on any atom is 0.276 e. The van der Waals surface area contributed by atoms with Gasteiger partial charge in [0, 0.05) is 0 Å². The molecule has 0 unspecified atom stereocenters. The van der Waals surface area contributed by atoms with Crippen LogP contribution in [0.4, 0.5) is 0 Å². The van der Waals surface area contributed by atoms with E-state index < -0.39 is 11.8 Å². The number of aryl methyl sites for hydroxylation is 1. The summed E-state index contributed by atoms with van der Waals surface area (Å²) in [5, 5.41) is 4.33. The predicted octanol–water partition coefficient (Wildman–Crippen LogP) is 2.64. The molecule has 2 aromatic carbocycles. The van der Waals surface area contributed by atoms with Gasteiger partial charge in [-0.15, -0.1) is 0 Å². The molecule has 7 nitrogen and oxygen atoms in total. The molecule has 0 aliphatic carbocycles. The first-order valence-electron chi connectivity index (χ1n) is 9.44. The van der Waals surface area contributed by atoms with Gasteiger partial charge in [-0.1, -0.05) is 49.4 Å². The summed E-state index contributed by atoms with van der Waals surface area (Å²) in [4.78, 5) is 24.5. The van der Waals surface area contributed by atoms with E-state index in [0.717, 1.165) is 16.8 Å². The van der Waals surface area contributed by atoms with Crippen LogP contribution in [0.5, 0.6) is 5.75 Å². The number of aromatic nitrogens is 2. The lowest BCUT2D eigenvalue weighted by Crippen LogP contribution is -2.44. The Bertz CT molecular complexity index is 983. The summed E-state index contributed by atoms with van der Waals surface area (Å²) in [6, 6.07) is 17.3. The van der Waals surface area contributed by atoms with E-state index in [4.69, 9.17) is 4.74 Å². The third-order valence-electron chi connectivity index (χ3n) is 4.38. The molecule has 29 heavy (non-hydrogen) atoms. The van der Waals surface area contributed by atoms with Gasteiger partial charge in [0.15, 0.2) is 6.61 Å². The van der Waals surface area contributed by atoms with Crippen molar-refractivity contribution in [1.82, 2.24) is 20.6 Å². The summed E-state index contributed by atoms with van der Waals surface area (Å²) < 4.78 is 7.22. The number of benzene rings is 2.